The molecular weight excluding hydrogens is 316 g/mol. The van der Waals surface area contributed by atoms with Crippen LogP contribution >= 0.6 is 11.6 Å². The molecule has 0 aromatic carbocycles. The predicted molar refractivity (Wildman–Crippen MR) is 90.2 cm³/mol. The van der Waals surface area contributed by atoms with Crippen LogP contribution in [0.1, 0.15) is 11.4 Å². The van der Waals surface area contributed by atoms with Crippen LogP contribution in [0.3, 0.4) is 0 Å². The summed E-state index contributed by atoms with van der Waals surface area (Å²) in [5.74, 6) is 0.814. The standard InChI is InChI=1S/C15H21ClN6O/c1-10-6-11(2)22(20-10)8-12-7-21(4-5-23-12)15-13(17-3)14(16)18-9-19-15/h6,9,12,17H,4-5,7-8H2,1-3H3. The third kappa shape index (κ3) is 3.40. The molecule has 0 spiro atoms. The van der Waals surface area contributed by atoms with Gasteiger partial charge in [-0.25, -0.2) is 9.97 Å². The summed E-state index contributed by atoms with van der Waals surface area (Å²) in [7, 11) is 1.82. The minimum atomic E-state index is 0.0557. The van der Waals surface area contributed by atoms with Crippen LogP contribution in [-0.2, 0) is 11.3 Å². The molecule has 2 aromatic rings. The van der Waals surface area contributed by atoms with Crippen molar-refractivity contribution < 1.29 is 4.74 Å². The van der Waals surface area contributed by atoms with E-state index in [4.69, 9.17) is 16.3 Å². The first kappa shape index (κ1) is 16.0. The average molecular weight is 337 g/mol. The van der Waals surface area contributed by atoms with Crippen LogP contribution < -0.4 is 10.2 Å². The van der Waals surface area contributed by atoms with Crippen molar-refractivity contribution in [2.75, 3.05) is 37.0 Å². The van der Waals surface area contributed by atoms with Gasteiger partial charge in [0.25, 0.3) is 0 Å². The van der Waals surface area contributed by atoms with Gasteiger partial charge in [-0.1, -0.05) is 11.6 Å². The molecule has 0 aliphatic carbocycles. The molecule has 0 bridgehead atoms. The molecule has 1 fully saturated rings. The Kier molecular flexibility index (Phi) is 4.68. The molecule has 1 N–H and O–H groups in total. The van der Waals surface area contributed by atoms with Crippen LogP contribution in [0.4, 0.5) is 11.5 Å². The van der Waals surface area contributed by atoms with Crippen molar-refractivity contribution >= 4 is 23.1 Å². The first-order valence-electron chi connectivity index (χ1n) is 7.64. The number of anilines is 2. The smallest absolute Gasteiger partial charge is 0.157 e. The van der Waals surface area contributed by atoms with E-state index in [1.54, 1.807) is 0 Å². The lowest BCUT2D eigenvalue weighted by Crippen LogP contribution is -2.45. The molecule has 0 radical (unpaired) electrons. The van der Waals surface area contributed by atoms with Crippen molar-refractivity contribution in [1.82, 2.24) is 19.7 Å². The quantitative estimate of drug-likeness (QED) is 0.860. The Morgan fingerprint density at radius 1 is 1.39 bits per heavy atom. The highest BCUT2D eigenvalue weighted by molar-refractivity contribution is 6.32. The molecule has 1 aliphatic heterocycles. The molecular formula is C15H21ClN6O. The number of halogens is 1. The van der Waals surface area contributed by atoms with Gasteiger partial charge in [0, 0.05) is 25.8 Å². The van der Waals surface area contributed by atoms with E-state index in [2.05, 4.69) is 38.3 Å². The Morgan fingerprint density at radius 2 is 2.22 bits per heavy atom. The molecule has 124 valence electrons. The topological polar surface area (TPSA) is 68.1 Å². The zero-order valence-electron chi connectivity index (χ0n) is 13.6. The van der Waals surface area contributed by atoms with Gasteiger partial charge in [-0.15, -0.1) is 0 Å². The first-order valence-corrected chi connectivity index (χ1v) is 8.02. The second-order valence-electron chi connectivity index (χ2n) is 5.66. The molecule has 3 rings (SSSR count). The Labute approximate surface area is 140 Å². The molecule has 1 aliphatic rings. The number of aromatic nitrogens is 4. The number of morpholine rings is 1. The van der Waals surface area contributed by atoms with Crippen LogP contribution in [0.5, 0.6) is 0 Å². The van der Waals surface area contributed by atoms with Gasteiger partial charge in [0.1, 0.15) is 12.0 Å². The molecule has 23 heavy (non-hydrogen) atoms. The number of nitrogens with zero attached hydrogens (tertiary/aromatic N) is 5. The molecule has 1 atom stereocenters. The second kappa shape index (κ2) is 6.72. The minimum Gasteiger partial charge on any atom is -0.383 e. The van der Waals surface area contributed by atoms with Gasteiger partial charge in [-0.3, -0.25) is 4.68 Å². The molecule has 8 heteroatoms. The fourth-order valence-corrected chi connectivity index (χ4v) is 3.11. The second-order valence-corrected chi connectivity index (χ2v) is 6.02. The monoisotopic (exact) mass is 336 g/mol. The van der Waals surface area contributed by atoms with E-state index in [9.17, 15) is 0 Å². The Hall–Kier alpha value is -1.86. The van der Waals surface area contributed by atoms with Crippen LogP contribution in [-0.4, -0.2) is 52.6 Å². The number of nitrogens with one attached hydrogen (secondary N) is 1. The van der Waals surface area contributed by atoms with Crippen molar-refractivity contribution in [3.63, 3.8) is 0 Å². The van der Waals surface area contributed by atoms with Gasteiger partial charge in [0.2, 0.25) is 0 Å². The maximum atomic E-state index is 6.15. The summed E-state index contributed by atoms with van der Waals surface area (Å²) < 4.78 is 7.90. The van der Waals surface area contributed by atoms with Crippen LogP contribution in [0, 0.1) is 13.8 Å². The van der Waals surface area contributed by atoms with E-state index in [0.717, 1.165) is 42.5 Å². The number of ether oxygens (including phenoxy) is 1. The van der Waals surface area contributed by atoms with E-state index >= 15 is 0 Å². The lowest BCUT2D eigenvalue weighted by molar-refractivity contribution is 0.0268. The summed E-state index contributed by atoms with van der Waals surface area (Å²) in [6.07, 6.45) is 1.55. The zero-order chi connectivity index (χ0) is 16.4. The molecule has 7 nitrogen and oxygen atoms in total. The van der Waals surface area contributed by atoms with Gasteiger partial charge in [0.15, 0.2) is 11.0 Å². The minimum absolute atomic E-state index is 0.0557. The fourth-order valence-electron chi connectivity index (χ4n) is 2.89. The van der Waals surface area contributed by atoms with E-state index in [1.165, 1.54) is 6.33 Å². The third-order valence-electron chi connectivity index (χ3n) is 3.95. The maximum absolute atomic E-state index is 6.15. The third-order valence-corrected chi connectivity index (χ3v) is 4.24. The first-order chi connectivity index (χ1) is 11.1. The highest BCUT2D eigenvalue weighted by atomic mass is 35.5. The summed E-state index contributed by atoms with van der Waals surface area (Å²) in [4.78, 5) is 10.6. The molecule has 0 saturated carbocycles. The maximum Gasteiger partial charge on any atom is 0.157 e. The summed E-state index contributed by atoms with van der Waals surface area (Å²) >= 11 is 6.15. The van der Waals surface area contributed by atoms with E-state index in [-0.39, 0.29) is 6.10 Å². The predicted octanol–water partition coefficient (Wildman–Crippen LogP) is 1.89. The molecule has 0 amide bonds. The largest absolute Gasteiger partial charge is 0.383 e. The normalized spacial score (nSPS) is 18.3. The summed E-state index contributed by atoms with van der Waals surface area (Å²) in [5, 5.41) is 8.02. The lowest BCUT2D eigenvalue weighted by Gasteiger charge is -2.34. The summed E-state index contributed by atoms with van der Waals surface area (Å²) in [6, 6.07) is 2.07. The highest BCUT2D eigenvalue weighted by Gasteiger charge is 2.25. The summed E-state index contributed by atoms with van der Waals surface area (Å²) in [5.41, 5.74) is 2.92. The van der Waals surface area contributed by atoms with Crippen molar-refractivity contribution in [3.8, 4) is 0 Å². The van der Waals surface area contributed by atoms with E-state index < -0.39 is 0 Å². The molecule has 3 heterocycles. The lowest BCUT2D eigenvalue weighted by atomic mass is 10.2. The number of hydrogen-bond donors (Lipinski definition) is 1. The van der Waals surface area contributed by atoms with E-state index in [1.807, 2.05) is 18.7 Å². The van der Waals surface area contributed by atoms with E-state index in [0.29, 0.717) is 11.8 Å². The number of rotatable bonds is 4. The van der Waals surface area contributed by atoms with Crippen LogP contribution in [0.25, 0.3) is 0 Å². The van der Waals surface area contributed by atoms with Crippen molar-refractivity contribution in [3.05, 3.63) is 28.9 Å². The van der Waals surface area contributed by atoms with Gasteiger partial charge in [-0.05, 0) is 19.9 Å². The molecule has 1 saturated heterocycles. The van der Waals surface area contributed by atoms with Gasteiger partial charge in [0.05, 0.1) is 24.9 Å². The Morgan fingerprint density at radius 3 is 2.91 bits per heavy atom. The zero-order valence-corrected chi connectivity index (χ0v) is 14.3. The van der Waals surface area contributed by atoms with Gasteiger partial charge < -0.3 is 15.0 Å². The fraction of sp³-hybridized carbons (Fsp3) is 0.533. The molecule has 1 unspecified atom stereocenters. The Balaban J connectivity index is 1.76. The molecule has 2 aromatic heterocycles. The van der Waals surface area contributed by atoms with Crippen LogP contribution in [0.2, 0.25) is 5.15 Å². The SMILES string of the molecule is CNc1c(Cl)ncnc1N1CCOC(Cn2nc(C)cc2C)C1. The number of hydrogen-bond acceptors (Lipinski definition) is 6. The summed E-state index contributed by atoms with van der Waals surface area (Å²) in [6.45, 7) is 6.94. The number of aryl methyl sites for hydroxylation is 2. The van der Waals surface area contributed by atoms with Gasteiger partial charge >= 0.3 is 0 Å². The average Bonchev–Trinajstić information content (AvgIpc) is 2.85. The van der Waals surface area contributed by atoms with Crippen molar-refractivity contribution in [2.24, 2.45) is 0 Å². The Bertz CT molecular complexity index is 689. The highest BCUT2D eigenvalue weighted by Crippen LogP contribution is 2.29. The van der Waals surface area contributed by atoms with Gasteiger partial charge in [-0.2, -0.15) is 5.10 Å². The van der Waals surface area contributed by atoms with Crippen molar-refractivity contribution in [2.45, 2.75) is 26.5 Å². The van der Waals surface area contributed by atoms with Crippen molar-refractivity contribution in [1.29, 1.82) is 0 Å². The van der Waals surface area contributed by atoms with Crippen LogP contribution in [0.15, 0.2) is 12.4 Å².